The van der Waals surface area contributed by atoms with Gasteiger partial charge in [-0.3, -0.25) is 9.98 Å². The molecular weight excluding hydrogens is 312 g/mol. The van der Waals surface area contributed by atoms with Crippen molar-refractivity contribution in [2.24, 2.45) is 9.98 Å². The monoisotopic (exact) mass is 341 g/mol. The summed E-state index contributed by atoms with van der Waals surface area (Å²) in [5.74, 6) is 0. The molecule has 0 atom stereocenters. The molecule has 21 heavy (non-hydrogen) atoms. The summed E-state index contributed by atoms with van der Waals surface area (Å²) < 4.78 is 0. The van der Waals surface area contributed by atoms with E-state index in [0.717, 1.165) is 39.0 Å². The topological polar surface area (TPSA) is 52.9 Å². The molecule has 0 saturated carbocycles. The summed E-state index contributed by atoms with van der Waals surface area (Å²) in [6.45, 7) is 16.0. The van der Waals surface area contributed by atoms with Crippen LogP contribution in [0.4, 0.5) is 0 Å². The van der Waals surface area contributed by atoms with Gasteiger partial charge >= 0.3 is 17.1 Å². The normalized spacial score (nSPS) is 24.1. The molecular formula is C16H30CuN4. The summed E-state index contributed by atoms with van der Waals surface area (Å²) in [6.07, 6.45) is 1.83. The summed E-state index contributed by atoms with van der Waals surface area (Å²) in [5, 5.41) is 9.51. The van der Waals surface area contributed by atoms with Gasteiger partial charge in [-0.2, -0.15) is 0 Å². The van der Waals surface area contributed by atoms with Crippen LogP contribution in [0.3, 0.4) is 0 Å². The van der Waals surface area contributed by atoms with Gasteiger partial charge in [0.25, 0.3) is 0 Å². The van der Waals surface area contributed by atoms with Crippen molar-refractivity contribution >= 4 is 11.4 Å². The van der Waals surface area contributed by atoms with Crippen LogP contribution >= 0.6 is 0 Å². The van der Waals surface area contributed by atoms with Crippen LogP contribution in [-0.4, -0.2) is 48.7 Å². The summed E-state index contributed by atoms with van der Waals surface area (Å²) in [5.41, 5.74) is 2.25. The SMILES string of the molecule is CC1=NCC[N-]C(C)(C)CC(C)=NCC[N-]C(C)(C)C1.[Cu+2]. The van der Waals surface area contributed by atoms with Gasteiger partial charge in [-0.25, -0.2) is 0 Å². The molecule has 0 N–H and O–H groups in total. The largest absolute Gasteiger partial charge is 2.00 e. The van der Waals surface area contributed by atoms with Crippen molar-refractivity contribution in [2.45, 2.75) is 65.5 Å². The average molecular weight is 342 g/mol. The van der Waals surface area contributed by atoms with Crippen LogP contribution in [0.15, 0.2) is 9.98 Å². The molecule has 0 amide bonds. The zero-order chi connectivity index (χ0) is 15.2. The molecule has 0 aromatic heterocycles. The van der Waals surface area contributed by atoms with Crippen LogP contribution in [0.1, 0.15) is 54.4 Å². The van der Waals surface area contributed by atoms with E-state index in [1.54, 1.807) is 0 Å². The first-order valence-electron chi connectivity index (χ1n) is 7.57. The molecule has 5 heteroatoms. The van der Waals surface area contributed by atoms with E-state index in [1.165, 1.54) is 11.4 Å². The minimum atomic E-state index is -0.0441. The standard InChI is InChI=1S/C16H30N4.Cu/c1-13-11-15(3,4)19-10-8-18-14(2)12-16(5,6)20-9-7-17-13;/h7-12H2,1-6H3;/q-2;+2. The van der Waals surface area contributed by atoms with Crippen molar-refractivity contribution in [1.29, 1.82) is 0 Å². The van der Waals surface area contributed by atoms with Crippen molar-refractivity contribution in [1.82, 2.24) is 0 Å². The minimum Gasteiger partial charge on any atom is -0.655 e. The Labute approximate surface area is 141 Å². The molecule has 0 saturated heterocycles. The first-order chi connectivity index (χ1) is 9.20. The maximum Gasteiger partial charge on any atom is 2.00 e. The van der Waals surface area contributed by atoms with Gasteiger partial charge in [-0.05, 0) is 26.7 Å². The molecule has 0 aromatic rings. The van der Waals surface area contributed by atoms with Crippen molar-refractivity contribution in [2.75, 3.05) is 26.2 Å². The van der Waals surface area contributed by atoms with Crippen LogP contribution in [0, 0.1) is 0 Å². The third-order valence-corrected chi connectivity index (χ3v) is 3.42. The Hall–Kier alpha value is -0.221. The predicted molar refractivity (Wildman–Crippen MR) is 89.8 cm³/mol. The Morgan fingerprint density at radius 3 is 1.43 bits per heavy atom. The molecule has 1 aliphatic rings. The van der Waals surface area contributed by atoms with E-state index < -0.39 is 0 Å². The zero-order valence-electron chi connectivity index (χ0n) is 14.3. The molecule has 0 aromatic carbocycles. The smallest absolute Gasteiger partial charge is 0.655 e. The number of rotatable bonds is 0. The molecule has 0 fully saturated rings. The van der Waals surface area contributed by atoms with Crippen LogP contribution < -0.4 is 0 Å². The van der Waals surface area contributed by atoms with Gasteiger partial charge < -0.3 is 10.6 Å². The van der Waals surface area contributed by atoms with Crippen LogP contribution in [0.5, 0.6) is 0 Å². The Balaban J connectivity index is 0.00000400. The molecule has 0 bridgehead atoms. The van der Waals surface area contributed by atoms with Crippen LogP contribution in [-0.2, 0) is 17.1 Å². The Kier molecular flexibility index (Phi) is 8.94. The second-order valence-electron chi connectivity index (χ2n) is 6.98. The summed E-state index contributed by atoms with van der Waals surface area (Å²) in [7, 11) is 0. The molecule has 1 aliphatic heterocycles. The molecule has 0 aliphatic carbocycles. The van der Waals surface area contributed by atoms with Gasteiger partial charge in [0.15, 0.2) is 0 Å². The molecule has 1 heterocycles. The Bertz CT molecular complexity index is 336. The predicted octanol–water partition coefficient (Wildman–Crippen LogP) is 4.00. The number of hydrogen-bond donors (Lipinski definition) is 0. The fourth-order valence-corrected chi connectivity index (χ4v) is 2.66. The molecule has 0 unspecified atom stereocenters. The maximum absolute atomic E-state index is 4.75. The third-order valence-electron chi connectivity index (χ3n) is 3.42. The van der Waals surface area contributed by atoms with Crippen molar-refractivity contribution in [3.8, 4) is 0 Å². The number of aliphatic imine (C=N–C) groups is 2. The summed E-state index contributed by atoms with van der Waals surface area (Å²) in [4.78, 5) is 9.25. The third kappa shape index (κ3) is 9.41. The van der Waals surface area contributed by atoms with E-state index in [4.69, 9.17) is 10.6 Å². The van der Waals surface area contributed by atoms with E-state index in [2.05, 4.69) is 51.5 Å². The second-order valence-corrected chi connectivity index (χ2v) is 6.98. The fourth-order valence-electron chi connectivity index (χ4n) is 2.66. The molecule has 1 radical (unpaired) electrons. The van der Waals surface area contributed by atoms with Gasteiger partial charge in [0.05, 0.1) is 0 Å². The van der Waals surface area contributed by atoms with E-state index >= 15 is 0 Å². The molecule has 1 rings (SSSR count). The van der Waals surface area contributed by atoms with Crippen molar-refractivity contribution < 1.29 is 17.1 Å². The van der Waals surface area contributed by atoms with Gasteiger partial charge in [0.1, 0.15) is 0 Å². The van der Waals surface area contributed by atoms with Gasteiger partial charge in [0, 0.05) is 24.5 Å². The number of nitrogens with zero attached hydrogens (tertiary/aromatic N) is 4. The second kappa shape index (κ2) is 9.04. The molecule has 125 valence electrons. The van der Waals surface area contributed by atoms with Gasteiger partial charge in [-0.15, -0.1) is 24.2 Å². The fraction of sp³-hybridized carbons (Fsp3) is 0.875. The van der Waals surface area contributed by atoms with Crippen molar-refractivity contribution in [3.63, 3.8) is 0 Å². The first kappa shape index (κ1) is 20.8. The molecule has 0 spiro atoms. The van der Waals surface area contributed by atoms with E-state index in [9.17, 15) is 0 Å². The van der Waals surface area contributed by atoms with Crippen molar-refractivity contribution in [3.05, 3.63) is 10.6 Å². The number of hydrogen-bond acceptors (Lipinski definition) is 2. The van der Waals surface area contributed by atoms with E-state index in [1.807, 2.05) is 0 Å². The maximum atomic E-state index is 4.75. The van der Waals surface area contributed by atoms with Gasteiger partial charge in [-0.1, -0.05) is 27.7 Å². The quantitative estimate of drug-likeness (QED) is 0.598. The summed E-state index contributed by atoms with van der Waals surface area (Å²) >= 11 is 0. The zero-order valence-corrected chi connectivity index (χ0v) is 15.3. The minimum absolute atomic E-state index is 0. The molecule has 4 nitrogen and oxygen atoms in total. The average Bonchev–Trinajstić information content (AvgIpc) is 2.28. The van der Waals surface area contributed by atoms with Crippen LogP contribution in [0.25, 0.3) is 10.6 Å². The van der Waals surface area contributed by atoms with Crippen LogP contribution in [0.2, 0.25) is 0 Å². The first-order valence-corrected chi connectivity index (χ1v) is 7.57. The Morgan fingerprint density at radius 2 is 1.10 bits per heavy atom. The van der Waals surface area contributed by atoms with Gasteiger partial charge in [0.2, 0.25) is 0 Å². The Morgan fingerprint density at radius 1 is 0.762 bits per heavy atom. The summed E-state index contributed by atoms with van der Waals surface area (Å²) in [6, 6.07) is 0. The van der Waals surface area contributed by atoms with E-state index in [0.29, 0.717) is 0 Å². The van der Waals surface area contributed by atoms with E-state index in [-0.39, 0.29) is 28.1 Å².